The molecule has 1 aromatic carbocycles. The summed E-state index contributed by atoms with van der Waals surface area (Å²) in [6, 6.07) is 3.62. The average molecular weight is 316 g/mol. The third kappa shape index (κ3) is 4.56. The van der Waals surface area contributed by atoms with Gasteiger partial charge in [-0.2, -0.15) is 0 Å². The third-order valence-corrected chi connectivity index (χ3v) is 2.82. The lowest BCUT2D eigenvalue weighted by molar-refractivity contribution is -0.146. The van der Waals surface area contributed by atoms with E-state index in [1.807, 2.05) is 19.9 Å². The first-order valence-corrected chi connectivity index (χ1v) is 6.68. The molecular formula is C13H18BrNO3. The normalized spacial score (nSPS) is 10.2. The summed E-state index contributed by atoms with van der Waals surface area (Å²) in [5.74, 6) is 0.163. The van der Waals surface area contributed by atoms with Crippen molar-refractivity contribution in [3.05, 3.63) is 22.2 Å². The summed E-state index contributed by atoms with van der Waals surface area (Å²) in [5, 5.41) is 0. The molecule has 0 spiro atoms. The summed E-state index contributed by atoms with van der Waals surface area (Å²) in [6.07, 6.45) is 1.86. The first kappa shape index (κ1) is 14.8. The van der Waals surface area contributed by atoms with Gasteiger partial charge in [0.2, 0.25) is 0 Å². The molecule has 0 aliphatic rings. The molecule has 0 bridgehead atoms. The predicted molar refractivity (Wildman–Crippen MR) is 74.7 cm³/mol. The van der Waals surface area contributed by atoms with E-state index in [4.69, 9.17) is 15.2 Å². The number of halogens is 1. The Bertz CT molecular complexity index is 398. The summed E-state index contributed by atoms with van der Waals surface area (Å²) in [5.41, 5.74) is 7.20. The molecule has 18 heavy (non-hydrogen) atoms. The number of rotatable bonds is 6. The van der Waals surface area contributed by atoms with Crippen molar-refractivity contribution in [1.29, 1.82) is 0 Å². The maximum absolute atomic E-state index is 11.4. The van der Waals surface area contributed by atoms with E-state index in [1.54, 1.807) is 6.07 Å². The number of hydrogen-bond acceptors (Lipinski definition) is 4. The number of aryl methyl sites for hydroxylation is 1. The first-order valence-electron chi connectivity index (χ1n) is 5.88. The zero-order chi connectivity index (χ0) is 13.5. The Morgan fingerprint density at radius 3 is 2.78 bits per heavy atom. The number of nitrogens with two attached hydrogens (primary N) is 1. The number of anilines is 1. The molecule has 100 valence electrons. The number of carbonyl (C=O) groups excluding carboxylic acids is 1. The highest BCUT2D eigenvalue weighted by Gasteiger charge is 2.09. The molecule has 2 N–H and O–H groups in total. The lowest BCUT2D eigenvalue weighted by atomic mass is 10.2. The number of unbranched alkanes of at least 4 members (excludes halogenated alkanes) is 1. The van der Waals surface area contributed by atoms with Gasteiger partial charge >= 0.3 is 5.97 Å². The highest BCUT2D eigenvalue weighted by atomic mass is 79.9. The minimum atomic E-state index is -0.370. The zero-order valence-electron chi connectivity index (χ0n) is 10.7. The summed E-state index contributed by atoms with van der Waals surface area (Å²) in [4.78, 5) is 11.4. The van der Waals surface area contributed by atoms with Crippen molar-refractivity contribution in [2.75, 3.05) is 18.9 Å². The smallest absolute Gasteiger partial charge is 0.344 e. The molecule has 5 heteroatoms. The standard InChI is InChI=1S/C13H18BrNO3/c1-3-4-5-17-12(16)8-18-13-9(2)6-10(14)7-11(13)15/h6-7H,3-5,8,15H2,1-2H3. The Hall–Kier alpha value is -1.23. The monoisotopic (exact) mass is 315 g/mol. The van der Waals surface area contributed by atoms with Crippen LogP contribution in [-0.2, 0) is 9.53 Å². The maximum Gasteiger partial charge on any atom is 0.344 e. The SMILES string of the molecule is CCCCOC(=O)COc1c(C)cc(Br)cc1N. The summed E-state index contributed by atoms with van der Waals surface area (Å²) >= 11 is 3.34. The van der Waals surface area contributed by atoms with Gasteiger partial charge in [0.1, 0.15) is 5.75 Å². The van der Waals surface area contributed by atoms with Crippen LogP contribution in [0.25, 0.3) is 0 Å². The predicted octanol–water partition coefficient (Wildman–Crippen LogP) is 3.06. The van der Waals surface area contributed by atoms with Gasteiger partial charge in [0.05, 0.1) is 12.3 Å². The molecule has 0 amide bonds. The first-order chi connectivity index (χ1) is 8.54. The van der Waals surface area contributed by atoms with Crippen molar-refractivity contribution in [3.63, 3.8) is 0 Å². The summed E-state index contributed by atoms with van der Waals surface area (Å²) in [6.45, 7) is 4.24. The Balaban J connectivity index is 2.51. The molecule has 0 radical (unpaired) electrons. The van der Waals surface area contributed by atoms with Gasteiger partial charge in [-0.1, -0.05) is 29.3 Å². The topological polar surface area (TPSA) is 61.5 Å². The number of hydrogen-bond donors (Lipinski definition) is 1. The van der Waals surface area contributed by atoms with Crippen molar-refractivity contribution in [1.82, 2.24) is 0 Å². The Labute approximate surface area is 116 Å². The fourth-order valence-corrected chi connectivity index (χ4v) is 2.05. The molecule has 0 fully saturated rings. The Morgan fingerprint density at radius 2 is 2.17 bits per heavy atom. The van der Waals surface area contributed by atoms with Crippen molar-refractivity contribution in [3.8, 4) is 5.75 Å². The third-order valence-electron chi connectivity index (χ3n) is 2.36. The molecule has 0 unspecified atom stereocenters. The van der Waals surface area contributed by atoms with Crippen molar-refractivity contribution in [2.24, 2.45) is 0 Å². The molecule has 0 atom stereocenters. The number of esters is 1. The van der Waals surface area contributed by atoms with Crippen LogP contribution >= 0.6 is 15.9 Å². The minimum Gasteiger partial charge on any atom is -0.479 e. The highest BCUT2D eigenvalue weighted by molar-refractivity contribution is 9.10. The van der Waals surface area contributed by atoms with Gasteiger partial charge in [-0.3, -0.25) is 0 Å². The van der Waals surface area contributed by atoms with Crippen molar-refractivity contribution in [2.45, 2.75) is 26.7 Å². The van der Waals surface area contributed by atoms with Gasteiger partial charge in [0, 0.05) is 4.47 Å². The lowest BCUT2D eigenvalue weighted by Gasteiger charge is -2.12. The quantitative estimate of drug-likeness (QED) is 0.498. The van der Waals surface area contributed by atoms with Crippen molar-refractivity contribution < 1.29 is 14.3 Å². The summed E-state index contributed by atoms with van der Waals surface area (Å²) < 4.78 is 11.3. The molecule has 0 heterocycles. The van der Waals surface area contributed by atoms with Crippen LogP contribution < -0.4 is 10.5 Å². The second-order valence-corrected chi connectivity index (χ2v) is 4.92. The van der Waals surface area contributed by atoms with Crippen LogP contribution in [0.1, 0.15) is 25.3 Å². The minimum absolute atomic E-state index is 0.115. The molecule has 4 nitrogen and oxygen atoms in total. The lowest BCUT2D eigenvalue weighted by Crippen LogP contribution is -2.16. The number of benzene rings is 1. The second kappa shape index (κ2) is 7.26. The average Bonchev–Trinajstić information content (AvgIpc) is 2.27. The molecular weight excluding hydrogens is 298 g/mol. The highest BCUT2D eigenvalue weighted by Crippen LogP contribution is 2.29. The van der Waals surface area contributed by atoms with Crippen LogP contribution in [-0.4, -0.2) is 19.2 Å². The Morgan fingerprint density at radius 1 is 1.44 bits per heavy atom. The van der Waals surface area contributed by atoms with Crippen LogP contribution in [0.15, 0.2) is 16.6 Å². The van der Waals surface area contributed by atoms with E-state index in [0.717, 1.165) is 22.9 Å². The van der Waals surface area contributed by atoms with E-state index in [1.165, 1.54) is 0 Å². The van der Waals surface area contributed by atoms with Gasteiger partial charge in [-0.05, 0) is 31.0 Å². The van der Waals surface area contributed by atoms with E-state index in [9.17, 15) is 4.79 Å². The van der Waals surface area contributed by atoms with Crippen LogP contribution in [0.4, 0.5) is 5.69 Å². The summed E-state index contributed by atoms with van der Waals surface area (Å²) in [7, 11) is 0. The molecule has 1 aromatic rings. The molecule has 1 rings (SSSR count). The van der Waals surface area contributed by atoms with Crippen LogP contribution in [0.2, 0.25) is 0 Å². The van der Waals surface area contributed by atoms with Crippen molar-refractivity contribution >= 4 is 27.6 Å². The second-order valence-electron chi connectivity index (χ2n) is 4.00. The van der Waals surface area contributed by atoms with E-state index in [-0.39, 0.29) is 12.6 Å². The molecule has 0 saturated heterocycles. The van der Waals surface area contributed by atoms with E-state index in [0.29, 0.717) is 18.0 Å². The number of ether oxygens (including phenoxy) is 2. The fraction of sp³-hybridized carbons (Fsp3) is 0.462. The van der Waals surface area contributed by atoms with Gasteiger partial charge in [-0.15, -0.1) is 0 Å². The van der Waals surface area contributed by atoms with E-state index in [2.05, 4.69) is 15.9 Å². The van der Waals surface area contributed by atoms with Gasteiger partial charge in [-0.25, -0.2) is 4.79 Å². The van der Waals surface area contributed by atoms with E-state index >= 15 is 0 Å². The molecule has 0 saturated carbocycles. The zero-order valence-corrected chi connectivity index (χ0v) is 12.2. The largest absolute Gasteiger partial charge is 0.479 e. The van der Waals surface area contributed by atoms with Crippen LogP contribution in [0.3, 0.4) is 0 Å². The van der Waals surface area contributed by atoms with Gasteiger partial charge < -0.3 is 15.2 Å². The molecule has 0 aliphatic carbocycles. The van der Waals surface area contributed by atoms with Gasteiger partial charge in [0.15, 0.2) is 6.61 Å². The van der Waals surface area contributed by atoms with Crippen LogP contribution in [0.5, 0.6) is 5.75 Å². The molecule has 0 aliphatic heterocycles. The Kier molecular flexibility index (Phi) is 5.98. The number of carbonyl (C=O) groups is 1. The number of nitrogen functional groups attached to an aromatic ring is 1. The maximum atomic E-state index is 11.4. The molecule has 0 aromatic heterocycles. The van der Waals surface area contributed by atoms with Crippen LogP contribution in [0, 0.1) is 6.92 Å². The van der Waals surface area contributed by atoms with Gasteiger partial charge in [0.25, 0.3) is 0 Å². The fourth-order valence-electron chi connectivity index (χ4n) is 1.46. The van der Waals surface area contributed by atoms with E-state index < -0.39 is 0 Å².